The van der Waals surface area contributed by atoms with Gasteiger partial charge in [0.05, 0.1) is 16.3 Å². The first-order valence-corrected chi connectivity index (χ1v) is 11.6. The molecule has 2 aromatic carbocycles. The minimum atomic E-state index is -3.75. The fourth-order valence-corrected chi connectivity index (χ4v) is 4.66. The van der Waals surface area contributed by atoms with Crippen LogP contribution in [0.15, 0.2) is 80.9 Å². The highest BCUT2D eigenvalue weighted by Crippen LogP contribution is 2.35. The smallest absolute Gasteiger partial charge is 0.291 e. The van der Waals surface area contributed by atoms with Crippen molar-refractivity contribution < 1.29 is 17.6 Å². The van der Waals surface area contributed by atoms with Crippen molar-refractivity contribution in [3.05, 3.63) is 83.0 Å². The van der Waals surface area contributed by atoms with Gasteiger partial charge in [0.1, 0.15) is 16.5 Å². The lowest BCUT2D eigenvalue weighted by molar-refractivity contribution is 0.244. The lowest BCUT2D eigenvalue weighted by atomic mass is 10.2. The molecule has 0 bridgehead atoms. The zero-order valence-electron chi connectivity index (χ0n) is 15.5. The SMILES string of the molecule is NS(=O)(=O)c1ccc(-c2ccc(/C=C3\SC(=O)N(Cc4ccccc4)C3=S)o2)cc1. The summed E-state index contributed by atoms with van der Waals surface area (Å²) in [6.45, 7) is 0.419. The highest BCUT2D eigenvalue weighted by Gasteiger charge is 2.31. The first-order chi connectivity index (χ1) is 14.3. The third kappa shape index (κ3) is 4.39. The molecule has 4 rings (SSSR count). The first kappa shape index (κ1) is 20.5. The summed E-state index contributed by atoms with van der Waals surface area (Å²) in [5.41, 5.74) is 1.70. The van der Waals surface area contributed by atoms with Gasteiger partial charge in [0.15, 0.2) is 0 Å². The zero-order chi connectivity index (χ0) is 21.3. The Labute approximate surface area is 183 Å². The van der Waals surface area contributed by atoms with Crippen molar-refractivity contribution >= 4 is 50.3 Å². The monoisotopic (exact) mass is 456 g/mol. The molecule has 0 spiro atoms. The number of nitrogens with two attached hydrogens (primary N) is 1. The lowest BCUT2D eigenvalue weighted by Crippen LogP contribution is -2.26. The number of furan rings is 1. The van der Waals surface area contributed by atoms with Gasteiger partial charge >= 0.3 is 0 Å². The average Bonchev–Trinajstić information content (AvgIpc) is 3.29. The van der Waals surface area contributed by atoms with Gasteiger partial charge in [-0.2, -0.15) is 0 Å². The minimum absolute atomic E-state index is 0.0323. The van der Waals surface area contributed by atoms with E-state index in [2.05, 4.69) is 0 Å². The summed E-state index contributed by atoms with van der Waals surface area (Å²) in [6, 6.07) is 19.3. The van der Waals surface area contributed by atoms with E-state index in [1.54, 1.807) is 35.2 Å². The van der Waals surface area contributed by atoms with Crippen molar-refractivity contribution in [1.82, 2.24) is 4.90 Å². The highest BCUT2D eigenvalue weighted by atomic mass is 32.2. The Morgan fingerprint density at radius 2 is 1.73 bits per heavy atom. The Morgan fingerprint density at radius 1 is 1.03 bits per heavy atom. The molecule has 0 saturated carbocycles. The van der Waals surface area contributed by atoms with Crippen molar-refractivity contribution in [2.45, 2.75) is 11.4 Å². The van der Waals surface area contributed by atoms with Crippen LogP contribution in [0, 0.1) is 0 Å². The molecule has 0 unspecified atom stereocenters. The number of nitrogens with zero attached hydrogens (tertiary/aromatic N) is 1. The number of hydrogen-bond acceptors (Lipinski definition) is 6. The van der Waals surface area contributed by atoms with Crippen molar-refractivity contribution in [2.75, 3.05) is 0 Å². The van der Waals surface area contributed by atoms with Crippen molar-refractivity contribution in [2.24, 2.45) is 5.14 Å². The summed E-state index contributed by atoms with van der Waals surface area (Å²) >= 11 is 6.56. The molecule has 0 atom stereocenters. The molecule has 0 radical (unpaired) electrons. The van der Waals surface area contributed by atoms with E-state index in [9.17, 15) is 13.2 Å². The maximum atomic E-state index is 12.4. The zero-order valence-corrected chi connectivity index (χ0v) is 18.0. The summed E-state index contributed by atoms with van der Waals surface area (Å²) in [7, 11) is -3.75. The molecule has 1 fully saturated rings. The number of rotatable bonds is 5. The van der Waals surface area contributed by atoms with Crippen LogP contribution in [-0.2, 0) is 16.6 Å². The van der Waals surface area contributed by atoms with Gasteiger partial charge in [-0.15, -0.1) is 0 Å². The molecule has 2 heterocycles. The molecule has 1 aliphatic rings. The highest BCUT2D eigenvalue weighted by molar-refractivity contribution is 8.19. The number of carbonyl (C=O) groups is 1. The van der Waals surface area contributed by atoms with Crippen LogP contribution in [0.3, 0.4) is 0 Å². The van der Waals surface area contributed by atoms with Gasteiger partial charge in [-0.05, 0) is 59.8 Å². The van der Waals surface area contributed by atoms with E-state index in [0.29, 0.717) is 33.5 Å². The average molecular weight is 457 g/mol. The van der Waals surface area contributed by atoms with E-state index in [1.165, 1.54) is 12.1 Å². The molecule has 6 nitrogen and oxygen atoms in total. The quantitative estimate of drug-likeness (QED) is 0.444. The molecular weight excluding hydrogens is 440 g/mol. The maximum absolute atomic E-state index is 12.4. The molecular formula is C21H16N2O4S3. The molecule has 1 saturated heterocycles. The van der Waals surface area contributed by atoms with E-state index >= 15 is 0 Å². The van der Waals surface area contributed by atoms with Gasteiger partial charge in [-0.1, -0.05) is 42.5 Å². The second kappa shape index (κ2) is 8.19. The van der Waals surface area contributed by atoms with E-state index in [-0.39, 0.29) is 10.1 Å². The third-order valence-electron chi connectivity index (χ3n) is 4.42. The number of thioether (sulfide) groups is 1. The van der Waals surface area contributed by atoms with Crippen LogP contribution in [0.5, 0.6) is 0 Å². The summed E-state index contributed by atoms with van der Waals surface area (Å²) in [5.74, 6) is 1.10. The van der Waals surface area contributed by atoms with E-state index in [4.69, 9.17) is 21.8 Å². The number of sulfonamides is 1. The molecule has 1 amide bonds. The normalized spacial score (nSPS) is 15.9. The van der Waals surface area contributed by atoms with Gasteiger partial charge in [0.25, 0.3) is 5.24 Å². The molecule has 30 heavy (non-hydrogen) atoms. The summed E-state index contributed by atoms with van der Waals surface area (Å²) < 4.78 is 28.6. The minimum Gasteiger partial charge on any atom is -0.457 e. The molecule has 152 valence electrons. The fourth-order valence-electron chi connectivity index (χ4n) is 2.93. The number of hydrogen-bond donors (Lipinski definition) is 1. The largest absolute Gasteiger partial charge is 0.457 e. The Kier molecular flexibility index (Phi) is 5.61. The Balaban J connectivity index is 1.53. The van der Waals surface area contributed by atoms with Crippen LogP contribution in [-0.4, -0.2) is 23.5 Å². The number of carbonyl (C=O) groups excluding carboxylic acids is 1. The summed E-state index contributed by atoms with van der Waals surface area (Å²) in [5, 5.41) is 5.00. The van der Waals surface area contributed by atoms with Gasteiger partial charge in [0, 0.05) is 5.56 Å². The molecule has 1 aromatic heterocycles. The van der Waals surface area contributed by atoms with Gasteiger partial charge < -0.3 is 4.42 Å². The van der Waals surface area contributed by atoms with Crippen LogP contribution < -0.4 is 5.14 Å². The van der Waals surface area contributed by atoms with Crippen LogP contribution >= 0.6 is 24.0 Å². The second-order valence-electron chi connectivity index (χ2n) is 6.52. The summed E-state index contributed by atoms with van der Waals surface area (Å²) in [6.07, 6.45) is 1.73. The Bertz CT molecular complexity index is 1250. The molecule has 2 N–H and O–H groups in total. The van der Waals surface area contributed by atoms with Crippen LogP contribution in [0.2, 0.25) is 0 Å². The predicted molar refractivity (Wildman–Crippen MR) is 121 cm³/mol. The molecule has 3 aromatic rings. The van der Waals surface area contributed by atoms with Crippen LogP contribution in [0.25, 0.3) is 17.4 Å². The van der Waals surface area contributed by atoms with Gasteiger partial charge in [0.2, 0.25) is 10.0 Å². The van der Waals surface area contributed by atoms with Crippen LogP contribution in [0.1, 0.15) is 11.3 Å². The third-order valence-corrected chi connectivity index (χ3v) is 6.85. The standard InChI is InChI=1S/C21H16N2O4S3/c22-30(25,26)17-9-6-15(7-10-17)18-11-8-16(27-18)12-19-20(28)23(21(24)29-19)13-14-4-2-1-3-5-14/h1-12H,13H2,(H2,22,25,26)/b19-12-. The number of amides is 1. The van der Waals surface area contributed by atoms with E-state index in [0.717, 1.165) is 17.3 Å². The number of primary sulfonamides is 1. The van der Waals surface area contributed by atoms with Crippen molar-refractivity contribution in [3.63, 3.8) is 0 Å². The van der Waals surface area contributed by atoms with Crippen molar-refractivity contribution in [3.8, 4) is 11.3 Å². The van der Waals surface area contributed by atoms with E-state index < -0.39 is 10.0 Å². The van der Waals surface area contributed by atoms with Crippen molar-refractivity contribution in [1.29, 1.82) is 0 Å². The number of benzene rings is 2. The number of thiocarbonyl (C=S) groups is 1. The molecule has 0 aliphatic carbocycles. The Hall–Kier alpha value is -2.72. The molecule has 1 aliphatic heterocycles. The maximum Gasteiger partial charge on any atom is 0.291 e. The lowest BCUT2D eigenvalue weighted by Gasteiger charge is -2.14. The van der Waals surface area contributed by atoms with Gasteiger partial charge in [-0.3, -0.25) is 9.69 Å². The van der Waals surface area contributed by atoms with E-state index in [1.807, 2.05) is 30.3 Å². The Morgan fingerprint density at radius 3 is 2.40 bits per heavy atom. The topological polar surface area (TPSA) is 93.6 Å². The predicted octanol–water partition coefficient (Wildman–Crippen LogP) is 4.63. The molecule has 9 heteroatoms. The first-order valence-electron chi connectivity index (χ1n) is 8.83. The second-order valence-corrected chi connectivity index (χ2v) is 9.47. The summed E-state index contributed by atoms with van der Waals surface area (Å²) in [4.78, 5) is 15.1. The van der Waals surface area contributed by atoms with Crippen LogP contribution in [0.4, 0.5) is 4.79 Å². The van der Waals surface area contributed by atoms with Gasteiger partial charge in [-0.25, -0.2) is 13.6 Å². The fraction of sp³-hybridized carbons (Fsp3) is 0.0476.